The van der Waals surface area contributed by atoms with Gasteiger partial charge >= 0.3 is 0 Å². The van der Waals surface area contributed by atoms with E-state index in [9.17, 15) is 8.42 Å². The Morgan fingerprint density at radius 1 is 1.38 bits per heavy atom. The number of piperidine rings is 1. The molecule has 0 saturated carbocycles. The Bertz CT molecular complexity index is 626. The lowest BCUT2D eigenvalue weighted by molar-refractivity contribution is 0.155. The van der Waals surface area contributed by atoms with E-state index in [2.05, 4.69) is 0 Å². The highest BCUT2D eigenvalue weighted by Gasteiger charge is 2.38. The average Bonchev–Trinajstić information content (AvgIpc) is 2.41. The van der Waals surface area contributed by atoms with Gasteiger partial charge in [0, 0.05) is 19.1 Å². The number of nitrogens with two attached hydrogens (primary N) is 1. The van der Waals surface area contributed by atoms with Gasteiger partial charge in [-0.25, -0.2) is 8.42 Å². The van der Waals surface area contributed by atoms with Crippen LogP contribution in [-0.2, 0) is 10.0 Å². The van der Waals surface area contributed by atoms with Crippen molar-refractivity contribution in [2.24, 2.45) is 11.1 Å². The van der Waals surface area contributed by atoms with Crippen molar-refractivity contribution in [3.63, 3.8) is 0 Å². The van der Waals surface area contributed by atoms with Gasteiger partial charge < -0.3 is 10.5 Å². The van der Waals surface area contributed by atoms with Crippen molar-refractivity contribution in [1.82, 2.24) is 4.31 Å². The first-order valence-corrected chi connectivity index (χ1v) is 8.53. The molecule has 0 bridgehead atoms. The molecule has 1 atom stereocenters. The maximum absolute atomic E-state index is 12.8. The Labute approximate surface area is 127 Å². The number of hydrogen-bond acceptors (Lipinski definition) is 4. The molecular formula is C15H24N2O3S. The lowest BCUT2D eigenvalue weighted by atomic mass is 9.81. The number of benzene rings is 1. The number of hydrogen-bond donors (Lipinski definition) is 1. The minimum absolute atomic E-state index is 0.0292. The molecule has 118 valence electrons. The van der Waals surface area contributed by atoms with E-state index in [4.69, 9.17) is 10.5 Å². The Morgan fingerprint density at radius 2 is 2.05 bits per heavy atom. The van der Waals surface area contributed by atoms with Gasteiger partial charge in [-0.3, -0.25) is 0 Å². The molecule has 1 aromatic rings. The molecule has 1 aliphatic rings. The summed E-state index contributed by atoms with van der Waals surface area (Å²) < 4.78 is 32.3. The third-order valence-electron chi connectivity index (χ3n) is 4.28. The minimum atomic E-state index is -3.48. The summed E-state index contributed by atoms with van der Waals surface area (Å²) in [4.78, 5) is 0.312. The van der Waals surface area contributed by atoms with E-state index in [1.165, 1.54) is 4.31 Å². The van der Waals surface area contributed by atoms with Crippen molar-refractivity contribution in [2.45, 2.75) is 38.1 Å². The predicted molar refractivity (Wildman–Crippen MR) is 82.9 cm³/mol. The third kappa shape index (κ3) is 3.07. The van der Waals surface area contributed by atoms with Crippen LogP contribution in [-0.4, -0.2) is 39.0 Å². The van der Waals surface area contributed by atoms with Gasteiger partial charge in [-0.1, -0.05) is 13.8 Å². The van der Waals surface area contributed by atoms with Gasteiger partial charge in [0.2, 0.25) is 10.0 Å². The van der Waals surface area contributed by atoms with Crippen LogP contribution in [0.4, 0.5) is 0 Å². The van der Waals surface area contributed by atoms with Crippen molar-refractivity contribution in [1.29, 1.82) is 0 Å². The maximum atomic E-state index is 12.8. The highest BCUT2D eigenvalue weighted by atomic mass is 32.2. The van der Waals surface area contributed by atoms with Crippen LogP contribution in [0.5, 0.6) is 5.75 Å². The third-order valence-corrected chi connectivity index (χ3v) is 6.12. The average molecular weight is 312 g/mol. The monoisotopic (exact) mass is 312 g/mol. The first-order chi connectivity index (χ1) is 9.68. The molecule has 0 aliphatic carbocycles. The summed E-state index contributed by atoms with van der Waals surface area (Å²) in [6.07, 6.45) is 0.682. The van der Waals surface area contributed by atoms with Gasteiger partial charge in [0.25, 0.3) is 0 Å². The number of methoxy groups -OCH3 is 1. The van der Waals surface area contributed by atoms with Crippen LogP contribution >= 0.6 is 0 Å². The molecule has 5 nitrogen and oxygen atoms in total. The maximum Gasteiger partial charge on any atom is 0.243 e. The Kier molecular flexibility index (Phi) is 4.33. The van der Waals surface area contributed by atoms with Gasteiger partial charge in [-0.15, -0.1) is 0 Å². The van der Waals surface area contributed by atoms with Gasteiger partial charge in [0.15, 0.2) is 0 Å². The largest absolute Gasteiger partial charge is 0.496 e. The summed E-state index contributed by atoms with van der Waals surface area (Å²) in [5.41, 5.74) is 6.68. The number of aryl methyl sites for hydroxylation is 1. The van der Waals surface area contributed by atoms with Gasteiger partial charge in [-0.05, 0) is 42.5 Å². The molecule has 21 heavy (non-hydrogen) atoms. The fraction of sp³-hybridized carbons (Fsp3) is 0.600. The van der Waals surface area contributed by atoms with Crippen LogP contribution in [0.15, 0.2) is 23.1 Å². The van der Waals surface area contributed by atoms with E-state index in [0.29, 0.717) is 30.2 Å². The summed E-state index contributed by atoms with van der Waals surface area (Å²) in [7, 11) is -1.91. The first-order valence-electron chi connectivity index (χ1n) is 7.09. The molecular weight excluding hydrogens is 288 g/mol. The fourth-order valence-corrected chi connectivity index (χ4v) is 4.40. The number of rotatable bonds is 3. The number of ether oxygens (including phenoxy) is 1. The van der Waals surface area contributed by atoms with E-state index in [1.807, 2.05) is 20.8 Å². The summed E-state index contributed by atoms with van der Waals surface area (Å²) in [5, 5.41) is 0. The minimum Gasteiger partial charge on any atom is -0.496 e. The zero-order valence-electron chi connectivity index (χ0n) is 13.1. The van der Waals surface area contributed by atoms with E-state index < -0.39 is 10.0 Å². The Morgan fingerprint density at radius 3 is 2.57 bits per heavy atom. The molecule has 2 rings (SSSR count). The zero-order chi connectivity index (χ0) is 15.8. The van der Waals surface area contributed by atoms with Crippen LogP contribution < -0.4 is 10.5 Å². The summed E-state index contributed by atoms with van der Waals surface area (Å²) >= 11 is 0. The van der Waals surface area contributed by atoms with E-state index in [0.717, 1.165) is 5.56 Å². The van der Waals surface area contributed by atoms with Crippen LogP contribution in [0.2, 0.25) is 0 Å². The predicted octanol–water partition coefficient (Wildman–Crippen LogP) is 1.75. The summed E-state index contributed by atoms with van der Waals surface area (Å²) in [6, 6.07) is 4.99. The van der Waals surface area contributed by atoms with Crippen LogP contribution in [0, 0.1) is 12.3 Å². The number of nitrogens with zero attached hydrogens (tertiary/aromatic N) is 1. The SMILES string of the molecule is COc1ccc(S(=O)(=O)N2CCC(N)C(C)(C)C2)cc1C. The van der Waals surface area contributed by atoms with Crippen LogP contribution in [0.25, 0.3) is 0 Å². The molecule has 0 radical (unpaired) electrons. The van der Waals surface area contributed by atoms with E-state index >= 15 is 0 Å². The topological polar surface area (TPSA) is 72.6 Å². The van der Waals surface area contributed by atoms with Gasteiger partial charge in [-0.2, -0.15) is 4.31 Å². The van der Waals surface area contributed by atoms with Crippen molar-refractivity contribution in [2.75, 3.05) is 20.2 Å². The fourth-order valence-electron chi connectivity index (χ4n) is 2.69. The highest BCUT2D eigenvalue weighted by Crippen LogP contribution is 2.32. The molecule has 1 fully saturated rings. The van der Waals surface area contributed by atoms with Gasteiger partial charge in [0.05, 0.1) is 12.0 Å². The molecule has 2 N–H and O–H groups in total. The van der Waals surface area contributed by atoms with Crippen molar-refractivity contribution < 1.29 is 13.2 Å². The van der Waals surface area contributed by atoms with Crippen LogP contribution in [0.3, 0.4) is 0 Å². The molecule has 6 heteroatoms. The summed E-state index contributed by atoms with van der Waals surface area (Å²) in [5.74, 6) is 0.690. The highest BCUT2D eigenvalue weighted by molar-refractivity contribution is 7.89. The Balaban J connectivity index is 2.32. The smallest absolute Gasteiger partial charge is 0.243 e. The molecule has 0 aromatic heterocycles. The molecule has 1 aromatic carbocycles. The van der Waals surface area contributed by atoms with E-state index in [1.54, 1.807) is 25.3 Å². The standard InChI is InChI=1S/C15H24N2O3S/c1-11-9-12(5-6-13(11)20-4)21(18,19)17-8-7-14(16)15(2,3)10-17/h5-6,9,14H,7-8,10,16H2,1-4H3. The molecule has 0 amide bonds. The molecule has 0 spiro atoms. The molecule has 1 unspecified atom stereocenters. The quantitative estimate of drug-likeness (QED) is 0.923. The second-order valence-corrected chi connectivity index (χ2v) is 8.29. The second kappa shape index (κ2) is 5.59. The number of sulfonamides is 1. The molecule has 1 heterocycles. The van der Waals surface area contributed by atoms with Crippen molar-refractivity contribution in [3.8, 4) is 5.75 Å². The molecule has 1 saturated heterocycles. The summed E-state index contributed by atoms with van der Waals surface area (Å²) in [6.45, 7) is 6.78. The lowest BCUT2D eigenvalue weighted by Gasteiger charge is -2.41. The Hall–Kier alpha value is -1.11. The first kappa shape index (κ1) is 16.3. The lowest BCUT2D eigenvalue weighted by Crippen LogP contribution is -2.53. The van der Waals surface area contributed by atoms with Gasteiger partial charge in [0.1, 0.15) is 5.75 Å². The normalized spacial score (nSPS) is 23.0. The van der Waals surface area contributed by atoms with Crippen LogP contribution in [0.1, 0.15) is 25.8 Å². The zero-order valence-corrected chi connectivity index (χ0v) is 13.9. The van der Waals surface area contributed by atoms with Crippen molar-refractivity contribution in [3.05, 3.63) is 23.8 Å². The van der Waals surface area contributed by atoms with Crippen molar-refractivity contribution >= 4 is 10.0 Å². The second-order valence-electron chi connectivity index (χ2n) is 6.35. The van der Waals surface area contributed by atoms with E-state index in [-0.39, 0.29) is 11.5 Å². The molecule has 1 aliphatic heterocycles.